The molecule has 0 aromatic heterocycles. The molecule has 0 aromatic rings. The summed E-state index contributed by atoms with van der Waals surface area (Å²) in [4.78, 5) is 24.6. The quantitative estimate of drug-likeness (QED) is 0.613. The number of aliphatic hydroxyl groups is 1. The molecular formula is C20H28O5. The molecule has 5 heteroatoms. The first-order valence-corrected chi connectivity index (χ1v) is 9.05. The molecule has 5 nitrogen and oxygen atoms in total. The standard InChI is InChI=1S/C20H28O5/c1-6-11(2)17(22)25-15-7-8-20(5)14(19(15,3)4)9-13(21)12-10-24-18(23)16(12)20/h6,13-15,21H,7-10H2,1-5H3/t13-,14-,15-,20-/m0/s1. The van der Waals surface area contributed by atoms with Gasteiger partial charge >= 0.3 is 11.9 Å². The summed E-state index contributed by atoms with van der Waals surface area (Å²) in [7, 11) is 0. The highest BCUT2D eigenvalue weighted by molar-refractivity contribution is 5.94. The van der Waals surface area contributed by atoms with Gasteiger partial charge in [-0.05, 0) is 39.0 Å². The lowest BCUT2D eigenvalue weighted by Crippen LogP contribution is -2.55. The molecule has 1 fully saturated rings. The SMILES string of the molecule is CC=C(C)C(=O)O[C@H]1CC[C@]2(C)C3=C(COC3=O)[C@@H](O)C[C@H]2C1(C)C. The van der Waals surface area contributed by atoms with Crippen molar-refractivity contribution in [3.63, 3.8) is 0 Å². The number of fused-ring (bicyclic) bond motifs is 2. The molecule has 138 valence electrons. The van der Waals surface area contributed by atoms with Crippen LogP contribution in [0.15, 0.2) is 22.8 Å². The zero-order valence-electron chi connectivity index (χ0n) is 15.7. The van der Waals surface area contributed by atoms with E-state index in [4.69, 9.17) is 9.47 Å². The summed E-state index contributed by atoms with van der Waals surface area (Å²) >= 11 is 0. The van der Waals surface area contributed by atoms with Gasteiger partial charge in [-0.2, -0.15) is 0 Å². The van der Waals surface area contributed by atoms with Gasteiger partial charge in [0.1, 0.15) is 12.7 Å². The topological polar surface area (TPSA) is 72.8 Å². The van der Waals surface area contributed by atoms with Gasteiger partial charge in [-0.25, -0.2) is 9.59 Å². The third kappa shape index (κ3) is 2.64. The summed E-state index contributed by atoms with van der Waals surface area (Å²) < 4.78 is 11.0. The summed E-state index contributed by atoms with van der Waals surface area (Å²) in [6, 6.07) is 0. The first kappa shape index (κ1) is 18.2. The molecule has 0 aromatic carbocycles. The van der Waals surface area contributed by atoms with Crippen molar-refractivity contribution in [2.75, 3.05) is 6.61 Å². The molecule has 25 heavy (non-hydrogen) atoms. The van der Waals surface area contributed by atoms with E-state index in [2.05, 4.69) is 20.8 Å². The monoisotopic (exact) mass is 348 g/mol. The second kappa shape index (κ2) is 5.97. The second-order valence-electron chi connectivity index (χ2n) is 8.42. The van der Waals surface area contributed by atoms with Gasteiger partial charge in [-0.1, -0.05) is 26.8 Å². The number of hydrogen-bond acceptors (Lipinski definition) is 5. The molecule has 0 saturated heterocycles. The van der Waals surface area contributed by atoms with E-state index < -0.39 is 6.10 Å². The van der Waals surface area contributed by atoms with Crippen LogP contribution in [-0.4, -0.2) is 35.9 Å². The molecule has 0 amide bonds. The minimum atomic E-state index is -0.662. The number of hydrogen-bond donors (Lipinski definition) is 1. The van der Waals surface area contributed by atoms with E-state index >= 15 is 0 Å². The Morgan fingerprint density at radius 2 is 2.04 bits per heavy atom. The molecule has 1 N–H and O–H groups in total. The number of esters is 2. The predicted molar refractivity (Wildman–Crippen MR) is 92.5 cm³/mol. The molecule has 4 atom stereocenters. The van der Waals surface area contributed by atoms with Crippen molar-refractivity contribution in [1.29, 1.82) is 0 Å². The van der Waals surface area contributed by atoms with Gasteiger partial charge in [-0.15, -0.1) is 0 Å². The van der Waals surface area contributed by atoms with Gasteiger partial charge < -0.3 is 14.6 Å². The van der Waals surface area contributed by atoms with Gasteiger partial charge in [0.05, 0.1) is 6.10 Å². The summed E-state index contributed by atoms with van der Waals surface area (Å²) in [6.07, 6.45) is 2.86. The van der Waals surface area contributed by atoms with Crippen LogP contribution in [0.1, 0.15) is 53.9 Å². The molecule has 1 heterocycles. The van der Waals surface area contributed by atoms with E-state index in [1.54, 1.807) is 13.0 Å². The maximum absolute atomic E-state index is 12.3. The third-order valence-electron chi connectivity index (χ3n) is 6.74. The van der Waals surface area contributed by atoms with Crippen molar-refractivity contribution in [1.82, 2.24) is 0 Å². The van der Waals surface area contributed by atoms with Crippen LogP contribution >= 0.6 is 0 Å². The van der Waals surface area contributed by atoms with Gasteiger partial charge in [0.2, 0.25) is 0 Å². The van der Waals surface area contributed by atoms with Crippen LogP contribution in [0, 0.1) is 16.7 Å². The third-order valence-corrected chi connectivity index (χ3v) is 6.74. The van der Waals surface area contributed by atoms with Gasteiger partial charge in [0, 0.05) is 27.5 Å². The fourth-order valence-electron chi connectivity index (χ4n) is 5.08. The Morgan fingerprint density at radius 1 is 1.36 bits per heavy atom. The van der Waals surface area contributed by atoms with Crippen LogP contribution in [0.2, 0.25) is 0 Å². The largest absolute Gasteiger partial charge is 0.458 e. The number of ether oxygens (including phenoxy) is 2. The molecule has 0 unspecified atom stereocenters. The Hall–Kier alpha value is -1.62. The van der Waals surface area contributed by atoms with E-state index in [1.165, 1.54) is 0 Å². The number of allylic oxidation sites excluding steroid dienone is 1. The van der Waals surface area contributed by atoms with Crippen LogP contribution in [0.5, 0.6) is 0 Å². The molecule has 2 aliphatic carbocycles. The molecule has 1 aliphatic heterocycles. The molecule has 0 bridgehead atoms. The molecule has 3 rings (SSSR count). The average molecular weight is 348 g/mol. The highest BCUT2D eigenvalue weighted by Crippen LogP contribution is 2.61. The van der Waals surface area contributed by atoms with Crippen molar-refractivity contribution in [3.8, 4) is 0 Å². The zero-order valence-corrected chi connectivity index (χ0v) is 15.7. The van der Waals surface area contributed by atoms with Crippen LogP contribution in [0.4, 0.5) is 0 Å². The van der Waals surface area contributed by atoms with Crippen molar-refractivity contribution >= 4 is 11.9 Å². The van der Waals surface area contributed by atoms with E-state index in [0.717, 1.165) is 12.0 Å². The lowest BCUT2D eigenvalue weighted by molar-refractivity contribution is -0.167. The van der Waals surface area contributed by atoms with E-state index in [-0.39, 0.29) is 41.4 Å². The summed E-state index contributed by atoms with van der Waals surface area (Å²) in [5.41, 5.74) is 1.32. The Balaban J connectivity index is 1.93. The second-order valence-corrected chi connectivity index (χ2v) is 8.42. The van der Waals surface area contributed by atoms with Crippen LogP contribution < -0.4 is 0 Å². The predicted octanol–water partition coefficient (Wildman–Crippen LogP) is 2.92. The van der Waals surface area contributed by atoms with Crippen LogP contribution in [-0.2, 0) is 19.1 Å². The normalized spacial score (nSPS) is 37.3. The Kier molecular flexibility index (Phi) is 4.34. The van der Waals surface area contributed by atoms with Crippen molar-refractivity contribution in [2.24, 2.45) is 16.7 Å². The Bertz CT molecular complexity index is 672. The van der Waals surface area contributed by atoms with Gasteiger partial charge in [0.15, 0.2) is 0 Å². The minimum absolute atomic E-state index is 0.0388. The summed E-state index contributed by atoms with van der Waals surface area (Å²) in [6.45, 7) is 10.0. The van der Waals surface area contributed by atoms with Crippen molar-refractivity contribution < 1.29 is 24.2 Å². The number of carbonyl (C=O) groups is 2. The molecule has 3 aliphatic rings. The first-order valence-electron chi connectivity index (χ1n) is 9.05. The molecule has 0 radical (unpaired) electrons. The van der Waals surface area contributed by atoms with Crippen LogP contribution in [0.3, 0.4) is 0 Å². The lowest BCUT2D eigenvalue weighted by atomic mass is 9.49. The average Bonchev–Trinajstić information content (AvgIpc) is 2.95. The highest BCUT2D eigenvalue weighted by Gasteiger charge is 2.60. The fourth-order valence-corrected chi connectivity index (χ4v) is 5.08. The Labute approximate surface area is 149 Å². The molecule has 1 saturated carbocycles. The fraction of sp³-hybridized carbons (Fsp3) is 0.700. The Morgan fingerprint density at radius 3 is 2.68 bits per heavy atom. The minimum Gasteiger partial charge on any atom is -0.458 e. The lowest BCUT2D eigenvalue weighted by Gasteiger charge is -2.56. The van der Waals surface area contributed by atoms with E-state index in [1.807, 2.05) is 6.92 Å². The van der Waals surface area contributed by atoms with Crippen LogP contribution in [0.25, 0.3) is 0 Å². The van der Waals surface area contributed by atoms with Crippen molar-refractivity contribution in [2.45, 2.75) is 66.1 Å². The maximum Gasteiger partial charge on any atom is 0.335 e. The maximum atomic E-state index is 12.3. The molecular weight excluding hydrogens is 320 g/mol. The van der Waals surface area contributed by atoms with Crippen molar-refractivity contribution in [3.05, 3.63) is 22.8 Å². The number of aliphatic hydroxyl groups excluding tert-OH is 1. The highest BCUT2D eigenvalue weighted by atomic mass is 16.5. The molecule has 0 spiro atoms. The summed E-state index contributed by atoms with van der Waals surface area (Å²) in [5.74, 6) is -0.546. The number of rotatable bonds is 2. The first-order chi connectivity index (χ1) is 11.6. The van der Waals surface area contributed by atoms with Gasteiger partial charge in [0.25, 0.3) is 0 Å². The summed E-state index contributed by atoms with van der Waals surface area (Å²) in [5, 5.41) is 10.6. The zero-order chi connectivity index (χ0) is 18.6. The number of carbonyl (C=O) groups excluding carboxylic acids is 2. The smallest absolute Gasteiger partial charge is 0.335 e. The van der Waals surface area contributed by atoms with E-state index in [9.17, 15) is 14.7 Å². The number of cyclic esters (lactones) is 1. The van der Waals surface area contributed by atoms with Gasteiger partial charge in [-0.3, -0.25) is 0 Å². The van der Waals surface area contributed by atoms with E-state index in [0.29, 0.717) is 24.0 Å².